The van der Waals surface area contributed by atoms with Crippen molar-refractivity contribution in [2.75, 3.05) is 19.6 Å². The SMILES string of the molecule is CCn1c(C2CCCN2CCN)nc2ccccc21. The zero-order chi connectivity index (χ0) is 13.2. The van der Waals surface area contributed by atoms with E-state index in [1.165, 1.54) is 24.2 Å². The van der Waals surface area contributed by atoms with Crippen molar-refractivity contribution < 1.29 is 0 Å². The fraction of sp³-hybridized carbons (Fsp3) is 0.533. The third kappa shape index (κ3) is 2.15. The van der Waals surface area contributed by atoms with Crippen molar-refractivity contribution in [3.63, 3.8) is 0 Å². The molecule has 1 saturated heterocycles. The van der Waals surface area contributed by atoms with Gasteiger partial charge in [0.15, 0.2) is 0 Å². The predicted octanol–water partition coefficient (Wildman–Crippen LogP) is 2.15. The normalized spacial score (nSPS) is 20.4. The van der Waals surface area contributed by atoms with Crippen LogP contribution in [0.2, 0.25) is 0 Å². The fourth-order valence-electron chi connectivity index (χ4n) is 3.23. The predicted molar refractivity (Wildman–Crippen MR) is 78.0 cm³/mol. The maximum Gasteiger partial charge on any atom is 0.127 e. The van der Waals surface area contributed by atoms with Crippen LogP contribution in [0, 0.1) is 0 Å². The lowest BCUT2D eigenvalue weighted by Gasteiger charge is -2.23. The first-order valence-corrected chi connectivity index (χ1v) is 7.24. The van der Waals surface area contributed by atoms with Gasteiger partial charge >= 0.3 is 0 Å². The van der Waals surface area contributed by atoms with E-state index in [1.54, 1.807) is 0 Å². The molecule has 1 fully saturated rings. The summed E-state index contributed by atoms with van der Waals surface area (Å²) >= 11 is 0. The highest BCUT2D eigenvalue weighted by molar-refractivity contribution is 5.76. The number of nitrogens with two attached hydrogens (primary N) is 1. The molecule has 1 unspecified atom stereocenters. The van der Waals surface area contributed by atoms with Crippen molar-refractivity contribution in [1.82, 2.24) is 14.5 Å². The third-order valence-electron chi connectivity index (χ3n) is 4.08. The molecule has 2 heterocycles. The van der Waals surface area contributed by atoms with Crippen LogP contribution in [0.3, 0.4) is 0 Å². The number of benzene rings is 1. The van der Waals surface area contributed by atoms with Crippen LogP contribution in [0.5, 0.6) is 0 Å². The number of para-hydroxylation sites is 2. The van der Waals surface area contributed by atoms with E-state index in [1.807, 2.05) is 0 Å². The van der Waals surface area contributed by atoms with E-state index in [0.717, 1.165) is 31.7 Å². The molecule has 4 heteroatoms. The Bertz CT molecular complexity index is 560. The van der Waals surface area contributed by atoms with Crippen LogP contribution in [0.1, 0.15) is 31.6 Å². The third-order valence-corrected chi connectivity index (χ3v) is 4.08. The molecule has 0 spiro atoms. The van der Waals surface area contributed by atoms with Gasteiger partial charge in [0.2, 0.25) is 0 Å². The van der Waals surface area contributed by atoms with Gasteiger partial charge in [0.1, 0.15) is 5.82 Å². The maximum atomic E-state index is 5.73. The van der Waals surface area contributed by atoms with Gasteiger partial charge in [-0.05, 0) is 38.4 Å². The molecule has 0 radical (unpaired) electrons. The number of likely N-dealkylation sites (tertiary alicyclic amines) is 1. The van der Waals surface area contributed by atoms with Crippen molar-refractivity contribution in [3.05, 3.63) is 30.1 Å². The number of fused-ring (bicyclic) bond motifs is 1. The summed E-state index contributed by atoms with van der Waals surface area (Å²) in [4.78, 5) is 7.36. The Morgan fingerprint density at radius 1 is 1.37 bits per heavy atom. The van der Waals surface area contributed by atoms with Gasteiger partial charge in [0.05, 0.1) is 17.1 Å². The first-order chi connectivity index (χ1) is 9.35. The van der Waals surface area contributed by atoms with Gasteiger partial charge in [-0.1, -0.05) is 12.1 Å². The molecule has 0 saturated carbocycles. The molecule has 1 aromatic carbocycles. The Labute approximate surface area is 114 Å². The molecule has 0 bridgehead atoms. The maximum absolute atomic E-state index is 5.73. The molecule has 3 rings (SSSR count). The van der Waals surface area contributed by atoms with E-state index >= 15 is 0 Å². The Hall–Kier alpha value is -1.39. The largest absolute Gasteiger partial charge is 0.329 e. The molecule has 102 valence electrons. The van der Waals surface area contributed by atoms with Crippen LogP contribution in [0.15, 0.2) is 24.3 Å². The first-order valence-electron chi connectivity index (χ1n) is 7.24. The second kappa shape index (κ2) is 5.31. The van der Waals surface area contributed by atoms with Crippen LogP contribution in [-0.2, 0) is 6.54 Å². The monoisotopic (exact) mass is 258 g/mol. The van der Waals surface area contributed by atoms with Crippen molar-refractivity contribution in [2.24, 2.45) is 5.73 Å². The minimum atomic E-state index is 0.441. The number of nitrogens with zero attached hydrogens (tertiary/aromatic N) is 3. The number of hydrogen-bond donors (Lipinski definition) is 1. The van der Waals surface area contributed by atoms with E-state index in [9.17, 15) is 0 Å². The summed E-state index contributed by atoms with van der Waals surface area (Å²) in [7, 11) is 0. The quantitative estimate of drug-likeness (QED) is 0.914. The van der Waals surface area contributed by atoms with E-state index < -0.39 is 0 Å². The highest BCUT2D eigenvalue weighted by atomic mass is 15.2. The molecule has 0 aliphatic carbocycles. The summed E-state index contributed by atoms with van der Waals surface area (Å²) in [5.41, 5.74) is 8.09. The second-order valence-corrected chi connectivity index (χ2v) is 5.19. The van der Waals surface area contributed by atoms with Crippen LogP contribution >= 0.6 is 0 Å². The summed E-state index contributed by atoms with van der Waals surface area (Å²) < 4.78 is 2.36. The van der Waals surface area contributed by atoms with Crippen molar-refractivity contribution in [2.45, 2.75) is 32.4 Å². The standard InChI is InChI=1S/C15H22N4/c1-2-19-13-7-4-3-6-12(13)17-15(19)14-8-5-10-18(14)11-9-16/h3-4,6-7,14H,2,5,8-11,16H2,1H3. The van der Waals surface area contributed by atoms with Crippen LogP contribution in [-0.4, -0.2) is 34.1 Å². The molecule has 2 N–H and O–H groups in total. The molecule has 1 aliphatic heterocycles. The van der Waals surface area contributed by atoms with E-state index in [2.05, 4.69) is 40.7 Å². The van der Waals surface area contributed by atoms with Gasteiger partial charge in [-0.2, -0.15) is 0 Å². The molecule has 2 aromatic rings. The molecule has 0 amide bonds. The van der Waals surface area contributed by atoms with Gasteiger partial charge < -0.3 is 10.3 Å². The summed E-state index contributed by atoms with van der Waals surface area (Å²) in [5.74, 6) is 1.22. The van der Waals surface area contributed by atoms with Gasteiger partial charge in [-0.3, -0.25) is 4.90 Å². The number of aryl methyl sites for hydroxylation is 1. The average molecular weight is 258 g/mol. The molecule has 1 aliphatic rings. The van der Waals surface area contributed by atoms with Crippen molar-refractivity contribution >= 4 is 11.0 Å². The van der Waals surface area contributed by atoms with Gasteiger partial charge in [-0.25, -0.2) is 4.98 Å². The molecule has 1 aromatic heterocycles. The average Bonchev–Trinajstić information content (AvgIpc) is 3.02. The number of hydrogen-bond acceptors (Lipinski definition) is 3. The Morgan fingerprint density at radius 3 is 3.00 bits per heavy atom. The molecular weight excluding hydrogens is 236 g/mol. The van der Waals surface area contributed by atoms with Crippen molar-refractivity contribution in [1.29, 1.82) is 0 Å². The summed E-state index contributed by atoms with van der Waals surface area (Å²) in [6.45, 7) is 6.01. The molecule has 4 nitrogen and oxygen atoms in total. The fourth-order valence-corrected chi connectivity index (χ4v) is 3.23. The van der Waals surface area contributed by atoms with E-state index in [0.29, 0.717) is 6.04 Å². The highest BCUT2D eigenvalue weighted by Gasteiger charge is 2.29. The zero-order valence-corrected chi connectivity index (χ0v) is 11.5. The molecule has 19 heavy (non-hydrogen) atoms. The van der Waals surface area contributed by atoms with Crippen LogP contribution in [0.4, 0.5) is 0 Å². The molecule has 1 atom stereocenters. The Morgan fingerprint density at radius 2 is 2.21 bits per heavy atom. The minimum Gasteiger partial charge on any atom is -0.329 e. The number of imidazole rings is 1. The number of aromatic nitrogens is 2. The van der Waals surface area contributed by atoms with E-state index in [-0.39, 0.29) is 0 Å². The Kier molecular flexibility index (Phi) is 3.53. The molecular formula is C15H22N4. The summed E-state index contributed by atoms with van der Waals surface area (Å²) in [5, 5.41) is 0. The second-order valence-electron chi connectivity index (χ2n) is 5.19. The summed E-state index contributed by atoms with van der Waals surface area (Å²) in [6, 6.07) is 8.86. The van der Waals surface area contributed by atoms with Crippen LogP contribution in [0.25, 0.3) is 11.0 Å². The minimum absolute atomic E-state index is 0.441. The zero-order valence-electron chi connectivity index (χ0n) is 11.5. The lowest BCUT2D eigenvalue weighted by molar-refractivity contribution is 0.251. The Balaban J connectivity index is 2.04. The van der Waals surface area contributed by atoms with Crippen molar-refractivity contribution in [3.8, 4) is 0 Å². The lowest BCUT2D eigenvalue weighted by Crippen LogP contribution is -2.30. The smallest absolute Gasteiger partial charge is 0.127 e. The number of rotatable bonds is 4. The highest BCUT2D eigenvalue weighted by Crippen LogP contribution is 2.32. The van der Waals surface area contributed by atoms with E-state index in [4.69, 9.17) is 10.7 Å². The van der Waals surface area contributed by atoms with Gasteiger partial charge in [0.25, 0.3) is 0 Å². The first kappa shape index (κ1) is 12.6. The topological polar surface area (TPSA) is 47.1 Å². The van der Waals surface area contributed by atoms with Gasteiger partial charge in [-0.15, -0.1) is 0 Å². The van der Waals surface area contributed by atoms with Crippen LogP contribution < -0.4 is 5.73 Å². The summed E-state index contributed by atoms with van der Waals surface area (Å²) in [6.07, 6.45) is 2.45. The van der Waals surface area contributed by atoms with Gasteiger partial charge in [0, 0.05) is 19.6 Å². The lowest BCUT2D eigenvalue weighted by atomic mass is 10.2.